The lowest BCUT2D eigenvalue weighted by Crippen LogP contribution is -1.81. The van der Waals surface area contributed by atoms with Crippen LogP contribution in [0.25, 0.3) is 33.1 Å². The van der Waals surface area contributed by atoms with Gasteiger partial charge in [0.2, 0.25) is 0 Å². The molecule has 0 aliphatic rings. The first-order valence-corrected chi connectivity index (χ1v) is 9.79. The maximum Gasteiger partial charge on any atom is 0.151 e. The van der Waals surface area contributed by atoms with Crippen LogP contribution in [-0.4, -0.2) is 13.9 Å². The molecular weight excluding hydrogens is 393 g/mol. The number of halogens is 1. The molecule has 0 amide bonds. The van der Waals surface area contributed by atoms with Crippen LogP contribution in [0.15, 0.2) is 61.1 Å². The summed E-state index contributed by atoms with van der Waals surface area (Å²) in [6, 6.07) is 14.5. The first-order chi connectivity index (χ1) is 10.4. The van der Waals surface area contributed by atoms with E-state index in [4.69, 9.17) is 0 Å². The Labute approximate surface area is 138 Å². The van der Waals surface area contributed by atoms with Crippen LogP contribution in [0.1, 0.15) is 0 Å². The van der Waals surface area contributed by atoms with Gasteiger partial charge in [-0.3, -0.25) is 8.96 Å². The molecule has 21 heavy (non-hydrogen) atoms. The van der Waals surface area contributed by atoms with Crippen LogP contribution < -0.4 is 0 Å². The number of hydrogen-bond donors (Lipinski definition) is 0. The van der Waals surface area contributed by atoms with Crippen LogP contribution in [0.2, 0.25) is 0 Å². The third-order valence-electron chi connectivity index (χ3n) is 3.52. The fourth-order valence-corrected chi connectivity index (χ4v) is 3.81. The van der Waals surface area contributed by atoms with Gasteiger partial charge >= 0.3 is 0 Å². The Morgan fingerprint density at radius 2 is 1.86 bits per heavy atom. The second-order valence-electron chi connectivity index (χ2n) is 4.72. The average Bonchev–Trinajstić information content (AvgIpc) is 2.93. The van der Waals surface area contributed by atoms with E-state index >= 15 is 0 Å². The number of aromatic nitrogens is 3. The summed E-state index contributed by atoms with van der Waals surface area (Å²) in [5.74, 6) is 0. The van der Waals surface area contributed by atoms with E-state index in [1.165, 1.54) is 16.5 Å². The highest BCUT2D eigenvalue weighted by Gasteiger charge is 2.11. The van der Waals surface area contributed by atoms with Crippen molar-refractivity contribution in [2.75, 3.05) is 0 Å². The van der Waals surface area contributed by atoms with Gasteiger partial charge in [-0.1, -0.05) is 12.1 Å². The molecule has 0 radical (unpaired) electrons. The molecule has 3 heterocycles. The van der Waals surface area contributed by atoms with Gasteiger partial charge in [0.1, 0.15) is 0 Å². The van der Waals surface area contributed by atoms with E-state index in [-0.39, 0.29) is 0 Å². The fraction of sp³-hybridized carbons (Fsp3) is 0. The normalized spacial score (nSPS) is 11.3. The van der Waals surface area contributed by atoms with Crippen molar-refractivity contribution >= 4 is 52.3 Å². The second-order valence-corrected chi connectivity index (χ2v) is 6.44. The molecule has 0 bridgehead atoms. The summed E-state index contributed by atoms with van der Waals surface area (Å²) in [4.78, 5) is 8.86. The Bertz CT molecular complexity index is 948. The zero-order valence-corrected chi connectivity index (χ0v) is 13.9. The first kappa shape index (κ1) is 13.1. The van der Waals surface area contributed by atoms with E-state index in [2.05, 4.69) is 71.7 Å². The zero-order chi connectivity index (χ0) is 14.2. The topological polar surface area (TPSA) is 30.7 Å². The Morgan fingerprint density at radius 1 is 1.00 bits per heavy atom. The van der Waals surface area contributed by atoms with Crippen LogP contribution in [0.5, 0.6) is 0 Å². The van der Waals surface area contributed by atoms with Gasteiger partial charge in [-0.25, -0.2) is 4.98 Å². The molecule has 0 aliphatic carbocycles. The third-order valence-corrected chi connectivity index (χ3v) is 5.22. The van der Waals surface area contributed by atoms with E-state index in [0.29, 0.717) is 0 Å². The molecule has 0 saturated heterocycles. The van der Waals surface area contributed by atoms with Crippen LogP contribution in [0.4, 0.5) is 0 Å². The quantitative estimate of drug-likeness (QED) is 0.437. The zero-order valence-electron chi connectivity index (χ0n) is 10.9. The summed E-state index contributed by atoms with van der Waals surface area (Å²) in [5.41, 5.74) is 4.41. The number of rotatable bonds is 2. The molecule has 0 fully saturated rings. The Kier molecular flexibility index (Phi) is 3.31. The molecular formula is C16H10IN3S. The van der Waals surface area contributed by atoms with Crippen molar-refractivity contribution in [1.82, 2.24) is 13.9 Å². The van der Waals surface area contributed by atoms with Crippen molar-refractivity contribution in [1.29, 1.82) is 0 Å². The fourth-order valence-electron chi connectivity index (χ4n) is 2.56. The van der Waals surface area contributed by atoms with Crippen LogP contribution in [-0.2, 0) is 0 Å². The summed E-state index contributed by atoms with van der Waals surface area (Å²) in [5, 5.41) is 2.33. The molecule has 0 unspecified atom stereocenters. The van der Waals surface area contributed by atoms with Gasteiger partial charge in [0.15, 0.2) is 5.65 Å². The second kappa shape index (κ2) is 5.31. The lowest BCUT2D eigenvalue weighted by atomic mass is 10.0. The van der Waals surface area contributed by atoms with Gasteiger partial charge in [0, 0.05) is 65.3 Å². The molecule has 3 nitrogen and oxygen atoms in total. The lowest BCUT2D eigenvalue weighted by Gasteiger charge is -2.02. The van der Waals surface area contributed by atoms with Crippen LogP contribution in [0, 0.1) is 0 Å². The molecule has 0 atom stereocenters. The van der Waals surface area contributed by atoms with Gasteiger partial charge in [0.25, 0.3) is 0 Å². The minimum absolute atomic E-state index is 0.998. The van der Waals surface area contributed by atoms with Crippen molar-refractivity contribution in [2.24, 2.45) is 0 Å². The van der Waals surface area contributed by atoms with Gasteiger partial charge in [-0.2, -0.15) is 0 Å². The summed E-state index contributed by atoms with van der Waals surface area (Å²) >= 11 is 2.28. The molecule has 0 saturated carbocycles. The van der Waals surface area contributed by atoms with E-state index < -0.39 is 0 Å². The number of fused-ring (bicyclic) bond motifs is 2. The third kappa shape index (κ3) is 2.20. The minimum Gasteiger partial charge on any atom is -0.265 e. The minimum atomic E-state index is 0.998. The maximum absolute atomic E-state index is 4.49. The lowest BCUT2D eigenvalue weighted by molar-refractivity contribution is 1.27. The van der Waals surface area contributed by atoms with E-state index in [0.717, 1.165) is 16.6 Å². The monoisotopic (exact) mass is 403 g/mol. The number of hydrogen-bond acceptors (Lipinski definition) is 3. The molecule has 0 spiro atoms. The van der Waals surface area contributed by atoms with Crippen molar-refractivity contribution in [3.05, 3.63) is 61.1 Å². The molecule has 4 aromatic rings. The maximum atomic E-state index is 4.49. The Hall–Kier alpha value is -1.60. The molecule has 102 valence electrons. The van der Waals surface area contributed by atoms with Crippen molar-refractivity contribution in [3.63, 3.8) is 0 Å². The van der Waals surface area contributed by atoms with E-state index in [1.807, 2.05) is 24.5 Å². The molecule has 4 rings (SSSR count). The highest BCUT2D eigenvalue weighted by molar-refractivity contribution is 14.2. The highest BCUT2D eigenvalue weighted by Crippen LogP contribution is 2.34. The molecule has 3 aromatic heterocycles. The molecule has 0 N–H and O–H groups in total. The van der Waals surface area contributed by atoms with Gasteiger partial charge in [-0.15, -0.1) is 0 Å². The predicted octanol–water partition coefficient (Wildman–Crippen LogP) is 5.10. The van der Waals surface area contributed by atoms with Crippen LogP contribution >= 0.6 is 30.3 Å². The standard InChI is InChI=1S/C16H10IN3S/c17-21-20-10-14(13-4-2-8-19-16(13)20)11-5-6-15-12(9-11)3-1-7-18-15/h1-10H. The van der Waals surface area contributed by atoms with Crippen molar-refractivity contribution in [2.45, 2.75) is 0 Å². The summed E-state index contributed by atoms with van der Waals surface area (Å²) in [6.45, 7) is 0. The summed E-state index contributed by atoms with van der Waals surface area (Å²) in [6.07, 6.45) is 5.80. The van der Waals surface area contributed by atoms with Crippen molar-refractivity contribution in [3.8, 4) is 11.1 Å². The number of benzene rings is 1. The SMILES string of the molecule is ISn1cc(-c2ccc3ncccc3c2)c2cccnc21. The largest absolute Gasteiger partial charge is 0.265 e. The van der Waals surface area contributed by atoms with Crippen molar-refractivity contribution < 1.29 is 0 Å². The van der Waals surface area contributed by atoms with Gasteiger partial charge in [-0.05, 0) is 35.9 Å². The van der Waals surface area contributed by atoms with Gasteiger partial charge < -0.3 is 0 Å². The van der Waals surface area contributed by atoms with Gasteiger partial charge in [0.05, 0.1) is 5.52 Å². The first-order valence-electron chi connectivity index (χ1n) is 6.47. The van der Waals surface area contributed by atoms with E-state index in [1.54, 1.807) is 9.12 Å². The Morgan fingerprint density at radius 3 is 2.76 bits per heavy atom. The molecule has 0 aliphatic heterocycles. The summed E-state index contributed by atoms with van der Waals surface area (Å²) < 4.78 is 2.10. The molecule has 1 aromatic carbocycles. The van der Waals surface area contributed by atoms with E-state index in [9.17, 15) is 0 Å². The van der Waals surface area contributed by atoms with Crippen LogP contribution in [0.3, 0.4) is 0 Å². The number of pyridine rings is 2. The predicted molar refractivity (Wildman–Crippen MR) is 97.5 cm³/mol. The number of nitrogens with zero attached hydrogens (tertiary/aromatic N) is 3. The Balaban J connectivity index is 1.99. The average molecular weight is 403 g/mol. The highest BCUT2D eigenvalue weighted by atomic mass is 127. The molecule has 5 heteroatoms. The smallest absolute Gasteiger partial charge is 0.151 e. The summed E-state index contributed by atoms with van der Waals surface area (Å²) in [7, 11) is 1.63.